The van der Waals surface area contributed by atoms with Crippen LogP contribution in [0.1, 0.15) is 22.8 Å². The maximum atomic E-state index is 7.67. The van der Waals surface area contributed by atoms with Gasteiger partial charge >= 0.3 is 0 Å². The highest BCUT2D eigenvalue weighted by molar-refractivity contribution is 7.99. The zero-order chi connectivity index (χ0) is 15.1. The van der Waals surface area contributed by atoms with Gasteiger partial charge in [-0.15, -0.1) is 11.8 Å². The van der Waals surface area contributed by atoms with E-state index in [2.05, 4.69) is 0 Å². The SMILES string of the molecule is [2H]C([2H])([2H])C([2H])([2H])C([2H])([2H])Sc1ccc(N)c(N)c1. The number of rotatable bonds is 3. The second kappa shape index (κ2) is 4.26. The van der Waals surface area contributed by atoms with Crippen LogP contribution in [0.2, 0.25) is 0 Å². The molecular formula is C9H14N2S. The minimum Gasteiger partial charge on any atom is -0.397 e. The third-order valence-corrected chi connectivity index (χ3v) is 1.97. The van der Waals surface area contributed by atoms with Gasteiger partial charge in [0.2, 0.25) is 0 Å². The van der Waals surface area contributed by atoms with Crippen LogP contribution in [0.25, 0.3) is 0 Å². The quantitative estimate of drug-likeness (QED) is 0.567. The first-order valence-corrected chi connectivity index (χ1v) is 4.04. The highest BCUT2D eigenvalue weighted by Gasteiger charge is 1.96. The first-order valence-electron chi connectivity index (χ1n) is 6.72. The molecule has 0 fully saturated rings. The van der Waals surface area contributed by atoms with Crippen LogP contribution in [0.5, 0.6) is 0 Å². The third kappa shape index (κ3) is 2.34. The van der Waals surface area contributed by atoms with E-state index in [1.54, 1.807) is 0 Å². The average Bonchev–Trinajstić information content (AvgIpc) is 2.21. The van der Waals surface area contributed by atoms with Gasteiger partial charge in [-0.3, -0.25) is 0 Å². The normalized spacial score (nSPS) is 22.2. The molecule has 0 amide bonds. The molecule has 2 nitrogen and oxygen atoms in total. The molecule has 0 bridgehead atoms. The number of thioether (sulfide) groups is 1. The van der Waals surface area contributed by atoms with Crippen LogP contribution in [-0.4, -0.2) is 5.70 Å². The number of hydrogen-bond acceptors (Lipinski definition) is 3. The lowest BCUT2D eigenvalue weighted by Crippen LogP contribution is -1.93. The smallest absolute Gasteiger partial charge is 0.0559 e. The van der Waals surface area contributed by atoms with Crippen molar-refractivity contribution < 1.29 is 9.60 Å². The Morgan fingerprint density at radius 2 is 2.33 bits per heavy atom. The van der Waals surface area contributed by atoms with Gasteiger partial charge in [0.1, 0.15) is 0 Å². The van der Waals surface area contributed by atoms with Crippen LogP contribution in [0, 0.1) is 0 Å². The summed E-state index contributed by atoms with van der Waals surface area (Å²) in [5, 5.41) is 0. The average molecular weight is 189 g/mol. The van der Waals surface area contributed by atoms with Crippen molar-refractivity contribution >= 4 is 23.1 Å². The van der Waals surface area contributed by atoms with Gasteiger partial charge in [-0.2, -0.15) is 0 Å². The first kappa shape index (κ1) is 3.50. The summed E-state index contributed by atoms with van der Waals surface area (Å²) in [6.07, 6.45) is -3.00. The van der Waals surface area contributed by atoms with E-state index in [0.29, 0.717) is 22.3 Å². The van der Waals surface area contributed by atoms with Gasteiger partial charge in [0.05, 0.1) is 11.4 Å². The van der Waals surface area contributed by atoms with E-state index in [4.69, 9.17) is 21.1 Å². The second-order valence-electron chi connectivity index (χ2n) is 2.12. The lowest BCUT2D eigenvalue weighted by molar-refractivity contribution is 1.10. The molecule has 0 aliphatic rings. The summed E-state index contributed by atoms with van der Waals surface area (Å²) in [6, 6.07) is 4.30. The van der Waals surface area contributed by atoms with Gasteiger partial charge in [-0.05, 0) is 30.3 Å². The fraction of sp³-hybridized carbons (Fsp3) is 0.333. The van der Waals surface area contributed by atoms with Crippen molar-refractivity contribution in [1.82, 2.24) is 0 Å². The summed E-state index contributed by atoms with van der Waals surface area (Å²) >= 11 is 0.465. The van der Waals surface area contributed by atoms with Crippen LogP contribution in [0.4, 0.5) is 11.4 Å². The number of hydrogen-bond donors (Lipinski definition) is 2. The Balaban J connectivity index is 3.05. The van der Waals surface area contributed by atoms with E-state index in [-0.39, 0.29) is 5.69 Å². The Bertz CT molecular complexity index is 472. The number of benzene rings is 1. The molecule has 1 aromatic carbocycles. The summed E-state index contributed by atoms with van der Waals surface area (Å²) in [7, 11) is 0. The molecule has 1 rings (SSSR count). The Labute approximate surface area is 87.2 Å². The minimum atomic E-state index is -3.07. The molecule has 0 atom stereocenters. The topological polar surface area (TPSA) is 52.0 Å². The highest BCUT2D eigenvalue weighted by Crippen LogP contribution is 2.24. The van der Waals surface area contributed by atoms with Gasteiger partial charge in [0, 0.05) is 14.5 Å². The second-order valence-corrected chi connectivity index (χ2v) is 3.00. The predicted molar refractivity (Wildman–Crippen MR) is 56.3 cm³/mol. The molecule has 66 valence electrons. The Morgan fingerprint density at radius 3 is 3.00 bits per heavy atom. The zero-order valence-electron chi connectivity index (χ0n) is 13.3. The molecule has 0 heterocycles. The standard InChI is InChI=1S/C9H14N2S/c1-2-5-12-7-3-4-8(10)9(11)6-7/h3-4,6H,2,5,10-11H2,1H3/i1D3,2D2,5D2. The van der Waals surface area contributed by atoms with Gasteiger partial charge in [0.25, 0.3) is 0 Å². The predicted octanol–water partition coefficient (Wildman–Crippen LogP) is 2.35. The van der Waals surface area contributed by atoms with Crippen LogP contribution in [0.15, 0.2) is 23.1 Å². The molecule has 1 aromatic rings. The summed E-state index contributed by atoms with van der Waals surface area (Å²) in [5.74, 6) is 0. The summed E-state index contributed by atoms with van der Waals surface area (Å²) < 4.78 is 51.6. The van der Waals surface area contributed by atoms with Gasteiger partial charge in [0.15, 0.2) is 0 Å². The van der Waals surface area contributed by atoms with Crippen LogP contribution < -0.4 is 11.5 Å². The van der Waals surface area contributed by atoms with E-state index in [1.165, 1.54) is 18.2 Å². The molecule has 12 heavy (non-hydrogen) atoms. The van der Waals surface area contributed by atoms with Gasteiger partial charge in [-0.1, -0.05) is 6.85 Å². The van der Waals surface area contributed by atoms with E-state index < -0.39 is 18.9 Å². The zero-order valence-corrected chi connectivity index (χ0v) is 7.11. The third-order valence-electron chi connectivity index (χ3n) is 1.28. The van der Waals surface area contributed by atoms with E-state index in [9.17, 15) is 0 Å². The largest absolute Gasteiger partial charge is 0.397 e. The lowest BCUT2D eigenvalue weighted by Gasteiger charge is -2.03. The summed E-state index contributed by atoms with van der Waals surface area (Å²) in [5.41, 5.74) is 9.00. The molecule has 0 unspecified atom stereocenters. The van der Waals surface area contributed by atoms with Crippen molar-refractivity contribution in [2.45, 2.75) is 18.1 Å². The molecule has 3 heteroatoms. The molecule has 0 saturated carbocycles. The Hall–Kier alpha value is -0.830. The summed E-state index contributed by atoms with van der Waals surface area (Å²) in [4.78, 5) is 0.310. The molecule has 0 spiro atoms. The minimum absolute atomic E-state index is 0.232. The molecule has 0 aliphatic heterocycles. The van der Waals surface area contributed by atoms with E-state index in [0.717, 1.165) is 0 Å². The number of anilines is 2. The Kier molecular flexibility index (Phi) is 1.24. The molecular weight excluding hydrogens is 168 g/mol. The molecule has 0 aromatic heterocycles. The van der Waals surface area contributed by atoms with Crippen LogP contribution in [-0.2, 0) is 0 Å². The number of nitrogen functional groups attached to an aromatic ring is 2. The molecule has 0 radical (unpaired) electrons. The first-order chi connectivity index (χ1) is 8.38. The fourth-order valence-corrected chi connectivity index (χ4v) is 1.19. The van der Waals surface area contributed by atoms with Crippen molar-refractivity contribution in [2.24, 2.45) is 0 Å². The fourth-order valence-electron chi connectivity index (χ4n) is 0.701. The molecule has 0 saturated heterocycles. The Morgan fingerprint density at radius 1 is 1.50 bits per heavy atom. The van der Waals surface area contributed by atoms with Gasteiger partial charge < -0.3 is 11.5 Å². The maximum absolute atomic E-state index is 7.67. The maximum Gasteiger partial charge on any atom is 0.0559 e. The van der Waals surface area contributed by atoms with Gasteiger partial charge in [-0.25, -0.2) is 0 Å². The van der Waals surface area contributed by atoms with Crippen molar-refractivity contribution in [2.75, 3.05) is 17.2 Å². The van der Waals surface area contributed by atoms with Crippen LogP contribution >= 0.6 is 11.8 Å². The highest BCUT2D eigenvalue weighted by atomic mass is 32.2. The summed E-state index contributed by atoms with van der Waals surface area (Å²) in [6.45, 7) is -3.07. The van der Waals surface area contributed by atoms with E-state index in [1.807, 2.05) is 0 Å². The van der Waals surface area contributed by atoms with Crippen LogP contribution in [0.3, 0.4) is 0 Å². The van der Waals surface area contributed by atoms with Crippen molar-refractivity contribution in [3.8, 4) is 0 Å². The lowest BCUT2D eigenvalue weighted by atomic mass is 10.3. The van der Waals surface area contributed by atoms with Crippen molar-refractivity contribution in [3.63, 3.8) is 0 Å². The molecule has 4 N–H and O–H groups in total. The number of nitrogens with two attached hydrogens (primary N) is 2. The molecule has 0 aliphatic carbocycles. The van der Waals surface area contributed by atoms with Crippen molar-refractivity contribution in [3.05, 3.63) is 18.2 Å². The monoisotopic (exact) mass is 189 g/mol. The van der Waals surface area contributed by atoms with E-state index >= 15 is 0 Å². The van der Waals surface area contributed by atoms with Crippen molar-refractivity contribution in [1.29, 1.82) is 0 Å².